The molecular formula is C21H18ClNO. The Bertz CT molecular complexity index is 813. The molecule has 0 aromatic heterocycles. The van der Waals surface area contributed by atoms with Crippen LogP contribution in [0.15, 0.2) is 78.9 Å². The van der Waals surface area contributed by atoms with E-state index in [1.54, 1.807) is 0 Å². The van der Waals surface area contributed by atoms with Crippen LogP contribution in [0.3, 0.4) is 0 Å². The van der Waals surface area contributed by atoms with Gasteiger partial charge in [0, 0.05) is 17.1 Å². The van der Waals surface area contributed by atoms with Gasteiger partial charge < -0.3 is 5.32 Å². The van der Waals surface area contributed by atoms with Gasteiger partial charge in [-0.15, -0.1) is 0 Å². The zero-order chi connectivity index (χ0) is 16.8. The van der Waals surface area contributed by atoms with Gasteiger partial charge in [-0.25, -0.2) is 0 Å². The minimum Gasteiger partial charge on any atom is -0.352 e. The van der Waals surface area contributed by atoms with Crippen LogP contribution in [0.25, 0.3) is 11.1 Å². The molecule has 3 heteroatoms. The van der Waals surface area contributed by atoms with Crippen LogP contribution in [-0.4, -0.2) is 12.5 Å². The third-order valence-corrected chi connectivity index (χ3v) is 4.10. The number of carbonyl (C=O) groups excluding carboxylic acids is 1. The lowest BCUT2D eigenvalue weighted by Crippen LogP contribution is -2.25. The maximum Gasteiger partial charge on any atom is 0.251 e. The molecule has 0 aliphatic carbocycles. The Kier molecular flexibility index (Phi) is 5.29. The summed E-state index contributed by atoms with van der Waals surface area (Å²) in [6, 6.07) is 25.4. The van der Waals surface area contributed by atoms with Crippen molar-refractivity contribution < 1.29 is 4.79 Å². The molecule has 0 saturated carbocycles. The number of rotatable bonds is 5. The summed E-state index contributed by atoms with van der Waals surface area (Å²) in [6.07, 6.45) is 0.779. The van der Waals surface area contributed by atoms with Crippen molar-refractivity contribution in [1.82, 2.24) is 5.32 Å². The first-order valence-electron chi connectivity index (χ1n) is 7.90. The first-order chi connectivity index (χ1) is 11.7. The quantitative estimate of drug-likeness (QED) is 0.700. The molecule has 1 N–H and O–H groups in total. The van der Waals surface area contributed by atoms with Gasteiger partial charge in [-0.3, -0.25) is 4.79 Å². The molecule has 0 aliphatic rings. The Morgan fingerprint density at radius 2 is 1.54 bits per heavy atom. The number of hydrogen-bond acceptors (Lipinski definition) is 1. The number of carbonyl (C=O) groups is 1. The summed E-state index contributed by atoms with van der Waals surface area (Å²) in [6.45, 7) is 0.593. The zero-order valence-corrected chi connectivity index (χ0v) is 14.0. The molecule has 0 aliphatic heterocycles. The highest BCUT2D eigenvalue weighted by atomic mass is 35.5. The van der Waals surface area contributed by atoms with Gasteiger partial charge in [-0.1, -0.05) is 66.2 Å². The maximum atomic E-state index is 12.3. The smallest absolute Gasteiger partial charge is 0.251 e. The van der Waals surface area contributed by atoms with Crippen LogP contribution < -0.4 is 5.32 Å². The van der Waals surface area contributed by atoms with E-state index in [2.05, 4.69) is 5.32 Å². The highest BCUT2D eigenvalue weighted by Gasteiger charge is 2.06. The molecule has 0 bridgehead atoms. The van der Waals surface area contributed by atoms with Crippen LogP contribution in [0, 0.1) is 0 Å². The fourth-order valence-corrected chi connectivity index (χ4v) is 2.67. The molecule has 0 spiro atoms. The molecule has 3 aromatic rings. The van der Waals surface area contributed by atoms with E-state index in [0.29, 0.717) is 12.1 Å². The summed E-state index contributed by atoms with van der Waals surface area (Å²) in [4.78, 5) is 12.3. The van der Waals surface area contributed by atoms with E-state index in [9.17, 15) is 4.79 Å². The van der Waals surface area contributed by atoms with E-state index >= 15 is 0 Å². The van der Waals surface area contributed by atoms with Crippen molar-refractivity contribution in [3.63, 3.8) is 0 Å². The van der Waals surface area contributed by atoms with E-state index in [1.807, 2.05) is 78.9 Å². The summed E-state index contributed by atoms with van der Waals surface area (Å²) in [5, 5.41) is 3.69. The van der Waals surface area contributed by atoms with Crippen LogP contribution >= 0.6 is 11.6 Å². The Morgan fingerprint density at radius 1 is 0.833 bits per heavy atom. The second-order valence-corrected chi connectivity index (χ2v) is 6.02. The third-order valence-electron chi connectivity index (χ3n) is 3.84. The molecule has 1 amide bonds. The van der Waals surface area contributed by atoms with Gasteiger partial charge in [0.1, 0.15) is 0 Å². The number of nitrogens with one attached hydrogen (secondary N) is 1. The number of hydrogen-bond donors (Lipinski definition) is 1. The normalized spacial score (nSPS) is 10.4. The average molecular weight is 336 g/mol. The summed E-state index contributed by atoms with van der Waals surface area (Å²) in [7, 11) is 0. The van der Waals surface area contributed by atoms with Crippen molar-refractivity contribution >= 4 is 17.5 Å². The molecule has 0 unspecified atom stereocenters. The standard InChI is InChI=1S/C21H18ClNO/c22-20-11-9-16(10-12-20)13-14-23-21(24)19-8-4-7-18(15-19)17-5-2-1-3-6-17/h1-12,15H,13-14H2,(H,23,24). The largest absolute Gasteiger partial charge is 0.352 e. The van der Waals surface area contributed by atoms with E-state index < -0.39 is 0 Å². The molecule has 0 radical (unpaired) electrons. The summed E-state index contributed by atoms with van der Waals surface area (Å²) in [5.74, 6) is -0.0539. The van der Waals surface area contributed by atoms with Crippen LogP contribution in [0.1, 0.15) is 15.9 Å². The highest BCUT2D eigenvalue weighted by molar-refractivity contribution is 6.30. The summed E-state index contributed by atoms with van der Waals surface area (Å²) >= 11 is 5.87. The van der Waals surface area contributed by atoms with Gasteiger partial charge in [0.15, 0.2) is 0 Å². The van der Waals surface area contributed by atoms with Gasteiger partial charge in [0.25, 0.3) is 5.91 Å². The van der Waals surface area contributed by atoms with Gasteiger partial charge in [0.2, 0.25) is 0 Å². The molecule has 120 valence electrons. The van der Waals surface area contributed by atoms with E-state index in [-0.39, 0.29) is 5.91 Å². The van der Waals surface area contributed by atoms with E-state index in [4.69, 9.17) is 11.6 Å². The first kappa shape index (κ1) is 16.3. The molecule has 0 saturated heterocycles. The average Bonchev–Trinajstić information content (AvgIpc) is 2.64. The molecule has 3 aromatic carbocycles. The van der Waals surface area contributed by atoms with Gasteiger partial charge >= 0.3 is 0 Å². The predicted octanol–water partition coefficient (Wildman–Crippen LogP) is 4.98. The molecule has 0 atom stereocenters. The Hall–Kier alpha value is -2.58. The SMILES string of the molecule is O=C(NCCc1ccc(Cl)cc1)c1cccc(-c2ccccc2)c1. The van der Waals surface area contributed by atoms with Crippen molar-refractivity contribution in [2.24, 2.45) is 0 Å². The Balaban J connectivity index is 1.62. The van der Waals surface area contributed by atoms with Gasteiger partial charge in [-0.05, 0) is 47.4 Å². The molecule has 3 rings (SSSR count). The van der Waals surface area contributed by atoms with E-state index in [0.717, 1.165) is 28.1 Å². The van der Waals surface area contributed by atoms with Crippen molar-refractivity contribution in [3.8, 4) is 11.1 Å². The van der Waals surface area contributed by atoms with Gasteiger partial charge in [0.05, 0.1) is 0 Å². The zero-order valence-electron chi connectivity index (χ0n) is 13.2. The monoisotopic (exact) mass is 335 g/mol. The Morgan fingerprint density at radius 3 is 2.29 bits per heavy atom. The highest BCUT2D eigenvalue weighted by Crippen LogP contribution is 2.20. The minimum absolute atomic E-state index is 0.0539. The van der Waals surface area contributed by atoms with Crippen molar-refractivity contribution in [2.45, 2.75) is 6.42 Å². The van der Waals surface area contributed by atoms with Crippen molar-refractivity contribution in [2.75, 3.05) is 6.54 Å². The number of halogens is 1. The summed E-state index contributed by atoms with van der Waals surface area (Å²) in [5.41, 5.74) is 3.97. The van der Waals surface area contributed by atoms with Crippen molar-refractivity contribution in [1.29, 1.82) is 0 Å². The Labute approximate surface area is 147 Å². The first-order valence-corrected chi connectivity index (χ1v) is 8.28. The lowest BCUT2D eigenvalue weighted by Gasteiger charge is -2.08. The van der Waals surface area contributed by atoms with Crippen molar-refractivity contribution in [3.05, 3.63) is 95.0 Å². The van der Waals surface area contributed by atoms with Crippen LogP contribution in [0.4, 0.5) is 0 Å². The van der Waals surface area contributed by atoms with Crippen LogP contribution in [-0.2, 0) is 6.42 Å². The minimum atomic E-state index is -0.0539. The van der Waals surface area contributed by atoms with Crippen LogP contribution in [0.5, 0.6) is 0 Å². The molecule has 24 heavy (non-hydrogen) atoms. The molecule has 0 heterocycles. The summed E-state index contributed by atoms with van der Waals surface area (Å²) < 4.78 is 0. The third kappa shape index (κ3) is 4.24. The number of benzene rings is 3. The maximum absolute atomic E-state index is 12.3. The second kappa shape index (κ2) is 7.80. The lowest BCUT2D eigenvalue weighted by molar-refractivity contribution is 0.0954. The van der Waals surface area contributed by atoms with Crippen LogP contribution in [0.2, 0.25) is 5.02 Å². The van der Waals surface area contributed by atoms with E-state index in [1.165, 1.54) is 0 Å². The topological polar surface area (TPSA) is 29.1 Å². The molecule has 2 nitrogen and oxygen atoms in total. The van der Waals surface area contributed by atoms with Gasteiger partial charge in [-0.2, -0.15) is 0 Å². The fraction of sp³-hybridized carbons (Fsp3) is 0.0952. The molecule has 0 fully saturated rings. The molecular weight excluding hydrogens is 318 g/mol. The number of amides is 1. The lowest BCUT2D eigenvalue weighted by atomic mass is 10.0. The fourth-order valence-electron chi connectivity index (χ4n) is 2.54. The predicted molar refractivity (Wildman–Crippen MR) is 99.4 cm³/mol. The second-order valence-electron chi connectivity index (χ2n) is 5.58.